The van der Waals surface area contributed by atoms with Gasteiger partial charge in [-0.1, -0.05) is 54.9 Å². The molecule has 0 fully saturated rings. The minimum absolute atomic E-state index is 0.0574. The highest BCUT2D eigenvalue weighted by molar-refractivity contribution is 6.31. The van der Waals surface area contributed by atoms with Crippen molar-refractivity contribution in [2.75, 3.05) is 0 Å². The molecule has 0 aliphatic carbocycles. The van der Waals surface area contributed by atoms with E-state index in [2.05, 4.69) is 5.32 Å². The van der Waals surface area contributed by atoms with Crippen LogP contribution in [-0.2, 0) is 22.6 Å². The molecule has 0 radical (unpaired) electrons. The molecule has 4 nitrogen and oxygen atoms in total. The summed E-state index contributed by atoms with van der Waals surface area (Å²) in [6.07, 6.45) is 1.08. The highest BCUT2D eigenvalue weighted by atomic mass is 35.5. The van der Waals surface area contributed by atoms with E-state index < -0.39 is 6.04 Å². The van der Waals surface area contributed by atoms with Crippen LogP contribution in [-0.4, -0.2) is 28.8 Å². The lowest BCUT2D eigenvalue weighted by molar-refractivity contribution is -0.140. The molecule has 2 amide bonds. The van der Waals surface area contributed by atoms with Gasteiger partial charge in [0.15, 0.2) is 0 Å². The van der Waals surface area contributed by atoms with Gasteiger partial charge in [0.1, 0.15) is 6.04 Å². The molecule has 2 atom stereocenters. The standard InChI is InChI=1S/C24H31ClN2O2/c1-6-18(4)26-24(29)19(5)27(15-21-9-7-8-10-22(21)25)23(28)14-20-12-11-16(2)17(3)13-20/h7-13,18-19H,6,14-15H2,1-5H3,(H,26,29)/t18-,19+/m1/s1. The second kappa shape index (κ2) is 10.4. The van der Waals surface area contributed by atoms with Gasteiger partial charge in [0.05, 0.1) is 6.42 Å². The van der Waals surface area contributed by atoms with E-state index in [0.29, 0.717) is 11.6 Å². The summed E-state index contributed by atoms with van der Waals surface area (Å²) in [4.78, 5) is 27.6. The van der Waals surface area contributed by atoms with E-state index in [1.807, 2.05) is 64.1 Å². The van der Waals surface area contributed by atoms with Crippen LogP contribution < -0.4 is 5.32 Å². The molecule has 0 saturated heterocycles. The number of rotatable bonds is 8. The zero-order valence-corrected chi connectivity index (χ0v) is 18.7. The molecule has 1 N–H and O–H groups in total. The summed E-state index contributed by atoms with van der Waals surface area (Å²) >= 11 is 6.32. The number of benzene rings is 2. The Balaban J connectivity index is 2.27. The second-order valence-corrected chi connectivity index (χ2v) is 8.11. The number of nitrogens with one attached hydrogen (secondary N) is 1. The van der Waals surface area contributed by atoms with E-state index in [0.717, 1.165) is 23.1 Å². The van der Waals surface area contributed by atoms with Gasteiger partial charge in [0.25, 0.3) is 0 Å². The lowest BCUT2D eigenvalue weighted by atomic mass is 10.0. The fourth-order valence-corrected chi connectivity index (χ4v) is 3.24. The number of aryl methyl sites for hydroxylation is 2. The highest BCUT2D eigenvalue weighted by Crippen LogP contribution is 2.20. The largest absolute Gasteiger partial charge is 0.352 e. The zero-order valence-electron chi connectivity index (χ0n) is 18.0. The fourth-order valence-electron chi connectivity index (χ4n) is 3.05. The van der Waals surface area contributed by atoms with E-state index in [4.69, 9.17) is 11.6 Å². The molecule has 2 aromatic rings. The second-order valence-electron chi connectivity index (χ2n) is 7.70. The summed E-state index contributed by atoms with van der Waals surface area (Å²) in [6.45, 7) is 10.1. The highest BCUT2D eigenvalue weighted by Gasteiger charge is 2.27. The van der Waals surface area contributed by atoms with Crippen LogP contribution >= 0.6 is 11.6 Å². The summed E-state index contributed by atoms with van der Waals surface area (Å²) in [5.74, 6) is -0.250. The average Bonchev–Trinajstić information content (AvgIpc) is 2.69. The Morgan fingerprint density at radius 3 is 2.38 bits per heavy atom. The van der Waals surface area contributed by atoms with Crippen molar-refractivity contribution in [1.29, 1.82) is 0 Å². The predicted octanol–water partition coefficient (Wildman–Crippen LogP) is 4.83. The molecule has 2 aromatic carbocycles. The van der Waals surface area contributed by atoms with E-state index in [1.165, 1.54) is 5.56 Å². The first-order chi connectivity index (χ1) is 13.7. The normalized spacial score (nSPS) is 12.9. The molecule has 0 aliphatic rings. The Morgan fingerprint density at radius 1 is 1.07 bits per heavy atom. The van der Waals surface area contributed by atoms with Crippen molar-refractivity contribution in [3.63, 3.8) is 0 Å². The fraction of sp³-hybridized carbons (Fsp3) is 0.417. The van der Waals surface area contributed by atoms with Gasteiger partial charge in [0, 0.05) is 17.6 Å². The SMILES string of the molecule is CC[C@@H](C)NC(=O)[C@H](C)N(Cc1ccccc1Cl)C(=O)Cc1ccc(C)c(C)c1. The molecule has 0 unspecified atom stereocenters. The van der Waals surface area contributed by atoms with Crippen molar-refractivity contribution in [3.05, 3.63) is 69.7 Å². The van der Waals surface area contributed by atoms with Crippen LogP contribution in [0.4, 0.5) is 0 Å². The first-order valence-corrected chi connectivity index (χ1v) is 10.5. The van der Waals surface area contributed by atoms with Crippen LogP contribution in [0.25, 0.3) is 0 Å². The number of nitrogens with zero attached hydrogens (tertiary/aromatic N) is 1. The van der Waals surface area contributed by atoms with Crippen molar-refractivity contribution in [3.8, 4) is 0 Å². The molecule has 0 heterocycles. The van der Waals surface area contributed by atoms with Crippen LogP contribution in [0.2, 0.25) is 5.02 Å². The van der Waals surface area contributed by atoms with Gasteiger partial charge in [-0.25, -0.2) is 0 Å². The lowest BCUT2D eigenvalue weighted by Crippen LogP contribution is -2.49. The average molecular weight is 415 g/mol. The quantitative estimate of drug-likeness (QED) is 0.672. The van der Waals surface area contributed by atoms with Gasteiger partial charge in [0.2, 0.25) is 11.8 Å². The number of carbonyl (C=O) groups is 2. The van der Waals surface area contributed by atoms with Crippen LogP contribution in [0.5, 0.6) is 0 Å². The van der Waals surface area contributed by atoms with E-state index >= 15 is 0 Å². The van der Waals surface area contributed by atoms with Crippen molar-refractivity contribution < 1.29 is 9.59 Å². The Hall–Kier alpha value is -2.33. The molecule has 5 heteroatoms. The topological polar surface area (TPSA) is 49.4 Å². The van der Waals surface area contributed by atoms with Crippen LogP contribution in [0, 0.1) is 13.8 Å². The van der Waals surface area contributed by atoms with Gasteiger partial charge < -0.3 is 10.2 Å². The smallest absolute Gasteiger partial charge is 0.242 e. The molecular formula is C24H31ClN2O2. The Morgan fingerprint density at radius 2 is 1.76 bits per heavy atom. The molecule has 0 aromatic heterocycles. The molecule has 0 aliphatic heterocycles. The van der Waals surface area contributed by atoms with Gasteiger partial charge in [-0.3, -0.25) is 9.59 Å². The number of hydrogen-bond acceptors (Lipinski definition) is 2. The summed E-state index contributed by atoms with van der Waals surface area (Å²) in [5.41, 5.74) is 4.11. The molecule has 0 saturated carbocycles. The number of carbonyl (C=O) groups excluding carboxylic acids is 2. The summed E-state index contributed by atoms with van der Waals surface area (Å²) < 4.78 is 0. The number of amides is 2. The molecular weight excluding hydrogens is 384 g/mol. The predicted molar refractivity (Wildman–Crippen MR) is 119 cm³/mol. The zero-order chi connectivity index (χ0) is 21.6. The molecule has 0 spiro atoms. The maximum atomic E-state index is 13.2. The minimum Gasteiger partial charge on any atom is -0.352 e. The van der Waals surface area contributed by atoms with E-state index in [9.17, 15) is 9.59 Å². The summed E-state index contributed by atoms with van der Waals surface area (Å²) in [5, 5.41) is 3.57. The molecule has 0 bridgehead atoms. The third kappa shape index (κ3) is 6.33. The number of halogens is 1. The van der Waals surface area contributed by atoms with Gasteiger partial charge in [-0.2, -0.15) is 0 Å². The van der Waals surface area contributed by atoms with E-state index in [1.54, 1.807) is 17.9 Å². The summed E-state index contributed by atoms with van der Waals surface area (Å²) in [6, 6.07) is 12.9. The molecule has 29 heavy (non-hydrogen) atoms. The minimum atomic E-state index is -0.598. The first kappa shape index (κ1) is 23.0. The molecule has 2 rings (SSSR count). The van der Waals surface area contributed by atoms with Crippen molar-refractivity contribution in [2.24, 2.45) is 0 Å². The van der Waals surface area contributed by atoms with Crippen LogP contribution in [0.1, 0.15) is 49.4 Å². The maximum absolute atomic E-state index is 13.2. The molecule has 156 valence electrons. The Bertz CT molecular complexity index is 866. The monoisotopic (exact) mass is 414 g/mol. The third-order valence-electron chi connectivity index (χ3n) is 5.39. The number of hydrogen-bond donors (Lipinski definition) is 1. The lowest BCUT2D eigenvalue weighted by Gasteiger charge is -2.30. The van der Waals surface area contributed by atoms with E-state index in [-0.39, 0.29) is 24.3 Å². The van der Waals surface area contributed by atoms with Gasteiger partial charge in [-0.05, 0) is 62.4 Å². The van der Waals surface area contributed by atoms with Crippen molar-refractivity contribution in [2.45, 2.75) is 66.1 Å². The Kier molecular flexibility index (Phi) is 8.27. The first-order valence-electron chi connectivity index (χ1n) is 10.1. The van der Waals surface area contributed by atoms with Gasteiger partial charge >= 0.3 is 0 Å². The Labute approximate surface area is 179 Å². The van der Waals surface area contributed by atoms with Crippen molar-refractivity contribution >= 4 is 23.4 Å². The van der Waals surface area contributed by atoms with Crippen LogP contribution in [0.3, 0.4) is 0 Å². The summed E-state index contributed by atoms with van der Waals surface area (Å²) in [7, 11) is 0. The van der Waals surface area contributed by atoms with Crippen molar-refractivity contribution in [1.82, 2.24) is 10.2 Å². The third-order valence-corrected chi connectivity index (χ3v) is 5.76. The maximum Gasteiger partial charge on any atom is 0.242 e. The van der Waals surface area contributed by atoms with Crippen LogP contribution in [0.15, 0.2) is 42.5 Å². The van der Waals surface area contributed by atoms with Gasteiger partial charge in [-0.15, -0.1) is 0 Å².